The maximum atomic E-state index is 11.5. The van der Waals surface area contributed by atoms with Gasteiger partial charge in [0, 0.05) is 6.92 Å². The van der Waals surface area contributed by atoms with Gasteiger partial charge in [0.25, 0.3) is 5.91 Å². The van der Waals surface area contributed by atoms with Gasteiger partial charge in [0.2, 0.25) is 0 Å². The van der Waals surface area contributed by atoms with Crippen LogP contribution in [0.15, 0.2) is 0 Å². The Kier molecular flexibility index (Phi) is 5.05. The van der Waals surface area contributed by atoms with Crippen LogP contribution in [0, 0.1) is 0 Å². The van der Waals surface area contributed by atoms with E-state index in [0.29, 0.717) is 0 Å². The van der Waals surface area contributed by atoms with Crippen LogP contribution < -0.4 is 5.32 Å². The van der Waals surface area contributed by atoms with Crippen LogP contribution in [0.2, 0.25) is 0 Å². The predicted octanol–water partition coefficient (Wildman–Crippen LogP) is -3.53. The second-order valence-electron chi connectivity index (χ2n) is 3.99. The van der Waals surface area contributed by atoms with Gasteiger partial charge in [-0.3, -0.25) is 9.59 Å². The highest BCUT2D eigenvalue weighted by Gasteiger charge is 2.44. The van der Waals surface area contributed by atoms with Gasteiger partial charge in [-0.15, -0.1) is 0 Å². The summed E-state index contributed by atoms with van der Waals surface area (Å²) in [7, 11) is 0. The number of ether oxygens (including phenoxy) is 2. The SMILES string of the molecule is [2H]C(OC(C)=O)C(=O)N[C@@H]1C(O)O[C@H](CO)[C@@H](O)[C@@H]1O. The number of rotatable bonds is 4. The molecule has 1 fully saturated rings. The summed E-state index contributed by atoms with van der Waals surface area (Å²) < 4.78 is 16.3. The fourth-order valence-corrected chi connectivity index (χ4v) is 1.59. The lowest BCUT2D eigenvalue weighted by atomic mass is 9.97. The number of nitrogens with one attached hydrogen (secondary N) is 1. The van der Waals surface area contributed by atoms with Crippen LogP contribution in [0.3, 0.4) is 0 Å². The molecule has 1 amide bonds. The number of esters is 1. The molecule has 110 valence electrons. The zero-order valence-electron chi connectivity index (χ0n) is 11.1. The number of amides is 1. The second kappa shape index (κ2) is 6.78. The Morgan fingerprint density at radius 1 is 1.37 bits per heavy atom. The molecule has 0 bridgehead atoms. The summed E-state index contributed by atoms with van der Waals surface area (Å²) in [6, 6.07) is -1.43. The zero-order valence-corrected chi connectivity index (χ0v) is 10.1. The Morgan fingerprint density at radius 2 is 2.00 bits per heavy atom. The van der Waals surface area contributed by atoms with E-state index in [2.05, 4.69) is 4.74 Å². The molecular formula is C10H17NO8. The van der Waals surface area contributed by atoms with Crippen molar-refractivity contribution in [2.75, 3.05) is 13.2 Å². The molecule has 9 nitrogen and oxygen atoms in total. The first kappa shape index (κ1) is 14.2. The Morgan fingerprint density at radius 3 is 2.53 bits per heavy atom. The van der Waals surface area contributed by atoms with Crippen molar-refractivity contribution in [1.82, 2.24) is 5.32 Å². The zero-order chi connectivity index (χ0) is 15.4. The third kappa shape index (κ3) is 4.11. The second-order valence-corrected chi connectivity index (χ2v) is 3.99. The Bertz CT molecular complexity index is 367. The van der Waals surface area contributed by atoms with E-state index in [-0.39, 0.29) is 0 Å². The minimum atomic E-state index is -1.88. The summed E-state index contributed by atoms with van der Waals surface area (Å²) in [6.07, 6.45) is -6.05. The minimum absolute atomic E-state index is 0.634. The lowest BCUT2D eigenvalue weighted by Gasteiger charge is -2.40. The summed E-state index contributed by atoms with van der Waals surface area (Å²) >= 11 is 0. The summed E-state index contributed by atoms with van der Waals surface area (Å²) in [5.41, 5.74) is 0. The topological polar surface area (TPSA) is 146 Å². The van der Waals surface area contributed by atoms with Crippen molar-refractivity contribution in [1.29, 1.82) is 0 Å². The molecule has 0 aromatic rings. The van der Waals surface area contributed by atoms with Crippen molar-refractivity contribution in [3.8, 4) is 0 Å². The van der Waals surface area contributed by atoms with Crippen molar-refractivity contribution in [2.45, 2.75) is 37.6 Å². The molecule has 1 saturated heterocycles. The molecule has 1 rings (SSSR count). The normalized spacial score (nSPS) is 37.1. The number of carbonyl (C=O) groups excluding carboxylic acids is 2. The van der Waals surface area contributed by atoms with Crippen molar-refractivity contribution in [3.63, 3.8) is 0 Å². The molecule has 19 heavy (non-hydrogen) atoms. The number of aliphatic hydroxyl groups excluding tert-OH is 4. The van der Waals surface area contributed by atoms with E-state index >= 15 is 0 Å². The molecule has 6 atom stereocenters. The largest absolute Gasteiger partial charge is 0.456 e. The van der Waals surface area contributed by atoms with Crippen LogP contribution in [0.4, 0.5) is 0 Å². The van der Waals surface area contributed by atoms with Crippen LogP contribution in [0.5, 0.6) is 0 Å². The van der Waals surface area contributed by atoms with E-state index in [4.69, 9.17) is 11.2 Å². The van der Waals surface area contributed by atoms with Gasteiger partial charge in [-0.2, -0.15) is 0 Å². The summed E-state index contributed by atoms with van der Waals surface area (Å²) in [6.45, 7) is -1.50. The van der Waals surface area contributed by atoms with E-state index in [1.54, 1.807) is 0 Å². The molecule has 9 heteroatoms. The van der Waals surface area contributed by atoms with Crippen LogP contribution in [0.25, 0.3) is 0 Å². The number of hydrogen-bond acceptors (Lipinski definition) is 8. The smallest absolute Gasteiger partial charge is 0.303 e. The molecule has 0 aliphatic carbocycles. The van der Waals surface area contributed by atoms with Crippen LogP contribution in [-0.2, 0) is 19.1 Å². The van der Waals surface area contributed by atoms with Gasteiger partial charge in [-0.05, 0) is 0 Å². The average molecular weight is 280 g/mol. The Labute approximate surface area is 110 Å². The first-order valence-electron chi connectivity index (χ1n) is 6.06. The maximum Gasteiger partial charge on any atom is 0.303 e. The quantitative estimate of drug-likeness (QED) is 0.333. The van der Waals surface area contributed by atoms with Gasteiger partial charge in [-0.1, -0.05) is 0 Å². The van der Waals surface area contributed by atoms with Crippen molar-refractivity contribution < 1.29 is 40.9 Å². The van der Waals surface area contributed by atoms with E-state index in [0.717, 1.165) is 6.92 Å². The van der Waals surface area contributed by atoms with Crippen molar-refractivity contribution >= 4 is 11.9 Å². The molecule has 2 unspecified atom stereocenters. The summed E-state index contributed by atoms with van der Waals surface area (Å²) in [4.78, 5) is 22.1. The molecule has 1 aliphatic heterocycles. The van der Waals surface area contributed by atoms with Crippen molar-refractivity contribution in [2.24, 2.45) is 0 Å². The van der Waals surface area contributed by atoms with Crippen LogP contribution in [-0.4, -0.2) is 76.1 Å². The monoisotopic (exact) mass is 280 g/mol. The van der Waals surface area contributed by atoms with Gasteiger partial charge in [0.15, 0.2) is 12.9 Å². The third-order valence-corrected chi connectivity index (χ3v) is 2.54. The lowest BCUT2D eigenvalue weighted by Crippen LogP contribution is -2.64. The molecule has 5 N–H and O–H groups in total. The first-order valence-corrected chi connectivity index (χ1v) is 5.48. The van der Waals surface area contributed by atoms with Crippen LogP contribution in [0.1, 0.15) is 8.29 Å². The fraction of sp³-hybridized carbons (Fsp3) is 0.800. The molecular weight excluding hydrogens is 262 g/mol. The lowest BCUT2D eigenvalue weighted by molar-refractivity contribution is -0.254. The molecule has 0 aromatic carbocycles. The average Bonchev–Trinajstić information content (AvgIpc) is 2.37. The standard InChI is InChI=1S/C10H17NO8/c1-4(13)18-3-6(14)11-7-9(16)8(15)5(2-12)19-10(7)17/h5,7-10,12,15-17H,2-3H2,1H3,(H,11,14)/t5-,7+,8-,9-,10?/m1/s1/i3D/t3?,5-,7+,8-,9-,10?. The number of carbonyl (C=O) groups is 2. The minimum Gasteiger partial charge on any atom is -0.456 e. The molecule has 0 spiro atoms. The predicted molar refractivity (Wildman–Crippen MR) is 58.5 cm³/mol. The van der Waals surface area contributed by atoms with Gasteiger partial charge >= 0.3 is 5.97 Å². The highest BCUT2D eigenvalue weighted by molar-refractivity contribution is 5.80. The van der Waals surface area contributed by atoms with Crippen molar-refractivity contribution in [3.05, 3.63) is 0 Å². The molecule has 1 heterocycles. The van der Waals surface area contributed by atoms with E-state index in [9.17, 15) is 24.9 Å². The van der Waals surface area contributed by atoms with Crippen LogP contribution >= 0.6 is 0 Å². The van der Waals surface area contributed by atoms with E-state index in [1.165, 1.54) is 0 Å². The molecule has 0 aromatic heterocycles. The van der Waals surface area contributed by atoms with Gasteiger partial charge < -0.3 is 35.2 Å². The maximum absolute atomic E-state index is 11.5. The van der Waals surface area contributed by atoms with E-state index < -0.39 is 55.7 Å². The Balaban J connectivity index is 2.66. The summed E-state index contributed by atoms with van der Waals surface area (Å²) in [5, 5.41) is 39.8. The van der Waals surface area contributed by atoms with Gasteiger partial charge in [0.1, 0.15) is 24.4 Å². The number of aliphatic hydroxyl groups is 4. The highest BCUT2D eigenvalue weighted by atomic mass is 16.6. The molecule has 0 saturated carbocycles. The van der Waals surface area contributed by atoms with Gasteiger partial charge in [-0.25, -0.2) is 0 Å². The van der Waals surface area contributed by atoms with E-state index in [1.807, 2.05) is 5.32 Å². The Hall–Kier alpha value is -1.26. The third-order valence-electron chi connectivity index (χ3n) is 2.54. The summed E-state index contributed by atoms with van der Waals surface area (Å²) in [5.74, 6) is -1.94. The molecule has 0 radical (unpaired) electrons. The first-order chi connectivity index (χ1) is 9.27. The fourth-order valence-electron chi connectivity index (χ4n) is 1.59. The van der Waals surface area contributed by atoms with Gasteiger partial charge in [0.05, 0.1) is 7.98 Å². The number of hydrogen-bond donors (Lipinski definition) is 5. The highest BCUT2D eigenvalue weighted by Crippen LogP contribution is 2.19. The molecule has 1 aliphatic rings.